The lowest BCUT2D eigenvalue weighted by Crippen LogP contribution is -2.28. The van der Waals surface area contributed by atoms with Gasteiger partial charge in [-0.1, -0.05) is 23.7 Å². The van der Waals surface area contributed by atoms with E-state index in [4.69, 9.17) is 23.8 Å². The van der Waals surface area contributed by atoms with Gasteiger partial charge in [-0.25, -0.2) is 14.6 Å². The quantitative estimate of drug-likeness (QED) is 0.709. The highest BCUT2D eigenvalue weighted by molar-refractivity contribution is 7.80. The van der Waals surface area contributed by atoms with Gasteiger partial charge in [-0.2, -0.15) is 5.10 Å². The molecule has 3 aromatic rings. The van der Waals surface area contributed by atoms with Crippen molar-refractivity contribution < 1.29 is 0 Å². The zero-order valence-electron chi connectivity index (χ0n) is 12.0. The lowest BCUT2D eigenvalue weighted by atomic mass is 10.2. The first-order valence-corrected chi connectivity index (χ1v) is 7.61. The third kappa shape index (κ3) is 4.24. The third-order valence-electron chi connectivity index (χ3n) is 2.98. The fourth-order valence-electron chi connectivity index (χ4n) is 1.93. The Balaban J connectivity index is 1.61. The molecule has 8 heteroatoms. The maximum Gasteiger partial charge on any atom is 0.172 e. The number of thiocarbonyl (C=S) groups is 1. The topological polar surface area (TPSA) is 67.7 Å². The van der Waals surface area contributed by atoms with E-state index < -0.39 is 0 Å². The van der Waals surface area contributed by atoms with Crippen LogP contribution in [0.5, 0.6) is 0 Å². The number of hydrogen-bond donors (Lipinski definition) is 2. The smallest absolute Gasteiger partial charge is 0.172 e. The number of halogens is 1. The molecule has 0 amide bonds. The summed E-state index contributed by atoms with van der Waals surface area (Å²) >= 11 is 11.2. The minimum atomic E-state index is 0.468. The Bertz CT molecular complexity index is 805. The lowest BCUT2D eigenvalue weighted by Gasteiger charge is -2.10. The summed E-state index contributed by atoms with van der Waals surface area (Å²) in [7, 11) is 0. The van der Waals surface area contributed by atoms with Crippen LogP contribution in [0, 0.1) is 0 Å². The van der Waals surface area contributed by atoms with E-state index in [0.29, 0.717) is 28.3 Å². The maximum atomic E-state index is 5.95. The van der Waals surface area contributed by atoms with Crippen LogP contribution in [-0.2, 0) is 6.54 Å². The fourth-order valence-corrected chi connectivity index (χ4v) is 2.32. The average Bonchev–Trinajstić information content (AvgIpc) is 3.08. The average molecular weight is 345 g/mol. The lowest BCUT2D eigenvalue weighted by molar-refractivity contribution is 0.840. The predicted molar refractivity (Wildman–Crippen MR) is 93.7 cm³/mol. The highest BCUT2D eigenvalue weighted by atomic mass is 35.5. The number of nitrogens with zero attached hydrogens (tertiary/aromatic N) is 4. The Morgan fingerprint density at radius 2 is 2.13 bits per heavy atom. The molecule has 2 aromatic heterocycles. The molecule has 1 aromatic carbocycles. The molecule has 0 aliphatic carbocycles. The largest absolute Gasteiger partial charge is 0.358 e. The molecule has 0 unspecified atom stereocenters. The molecule has 6 nitrogen and oxygen atoms in total. The molecule has 0 aliphatic heterocycles. The van der Waals surface area contributed by atoms with Gasteiger partial charge in [-0.3, -0.25) is 0 Å². The van der Waals surface area contributed by atoms with Crippen molar-refractivity contribution in [1.29, 1.82) is 0 Å². The zero-order valence-corrected chi connectivity index (χ0v) is 13.6. The number of nitrogens with one attached hydrogen (secondary N) is 2. The van der Waals surface area contributed by atoms with Crippen LogP contribution in [0.1, 0.15) is 5.56 Å². The summed E-state index contributed by atoms with van der Waals surface area (Å²) in [5.74, 6) is 1.25. The molecule has 0 fully saturated rings. The first kappa shape index (κ1) is 15.4. The second kappa shape index (κ2) is 7.17. The normalized spacial score (nSPS) is 10.3. The Hall–Kier alpha value is -2.51. The van der Waals surface area contributed by atoms with E-state index in [2.05, 4.69) is 25.7 Å². The van der Waals surface area contributed by atoms with Crippen LogP contribution in [0.25, 0.3) is 5.82 Å². The van der Waals surface area contributed by atoms with Crippen molar-refractivity contribution in [2.24, 2.45) is 0 Å². The molecule has 116 valence electrons. The summed E-state index contributed by atoms with van der Waals surface area (Å²) in [5, 5.41) is 11.4. The summed E-state index contributed by atoms with van der Waals surface area (Å²) in [6, 6.07) is 11.2. The van der Waals surface area contributed by atoms with Crippen molar-refractivity contribution in [2.45, 2.75) is 6.54 Å². The van der Waals surface area contributed by atoms with Crippen molar-refractivity contribution in [2.75, 3.05) is 5.32 Å². The summed E-state index contributed by atoms with van der Waals surface area (Å²) in [6.45, 7) is 0.573. The van der Waals surface area contributed by atoms with E-state index in [9.17, 15) is 0 Å². The zero-order chi connectivity index (χ0) is 16.1. The monoisotopic (exact) mass is 344 g/mol. The SMILES string of the molecule is S=C(NCc1cccc(Cl)c1)Nc1cc(-n2cccn2)ncn1. The number of rotatable bonds is 4. The summed E-state index contributed by atoms with van der Waals surface area (Å²) in [6.07, 6.45) is 4.95. The molecule has 0 saturated carbocycles. The second-order valence-corrected chi connectivity index (χ2v) is 5.49. The fraction of sp³-hybridized carbons (Fsp3) is 0.0667. The van der Waals surface area contributed by atoms with E-state index in [1.165, 1.54) is 6.33 Å². The Labute approximate surface area is 143 Å². The van der Waals surface area contributed by atoms with E-state index in [1.807, 2.05) is 36.5 Å². The van der Waals surface area contributed by atoms with Gasteiger partial charge in [0.1, 0.15) is 12.1 Å². The van der Waals surface area contributed by atoms with E-state index >= 15 is 0 Å². The van der Waals surface area contributed by atoms with Crippen molar-refractivity contribution in [3.05, 3.63) is 65.7 Å². The molecular formula is C15H13ClN6S. The molecule has 2 heterocycles. The van der Waals surface area contributed by atoms with Gasteiger partial charge >= 0.3 is 0 Å². The van der Waals surface area contributed by atoms with Crippen LogP contribution in [0.2, 0.25) is 5.02 Å². The third-order valence-corrected chi connectivity index (χ3v) is 3.46. The molecular weight excluding hydrogens is 332 g/mol. The van der Waals surface area contributed by atoms with Crippen molar-refractivity contribution in [3.8, 4) is 5.82 Å². The molecule has 0 aliphatic rings. The summed E-state index contributed by atoms with van der Waals surface area (Å²) in [5.41, 5.74) is 1.04. The predicted octanol–water partition coefficient (Wildman–Crippen LogP) is 2.80. The molecule has 0 atom stereocenters. The van der Waals surface area contributed by atoms with E-state index in [-0.39, 0.29) is 0 Å². The van der Waals surface area contributed by atoms with Crippen molar-refractivity contribution in [3.63, 3.8) is 0 Å². The minimum absolute atomic E-state index is 0.468. The van der Waals surface area contributed by atoms with Crippen molar-refractivity contribution in [1.82, 2.24) is 25.1 Å². The highest BCUT2D eigenvalue weighted by Gasteiger charge is 2.03. The maximum absolute atomic E-state index is 5.95. The van der Waals surface area contributed by atoms with Crippen molar-refractivity contribution >= 4 is 34.7 Å². The van der Waals surface area contributed by atoms with Gasteiger partial charge in [0.15, 0.2) is 10.9 Å². The van der Waals surface area contributed by atoms with Gasteiger partial charge in [-0.15, -0.1) is 0 Å². The molecule has 0 radical (unpaired) electrons. The van der Waals surface area contributed by atoms with E-state index in [1.54, 1.807) is 16.9 Å². The molecule has 0 saturated heterocycles. The Morgan fingerprint density at radius 1 is 1.22 bits per heavy atom. The van der Waals surface area contributed by atoms with Gasteiger partial charge in [0.2, 0.25) is 0 Å². The molecule has 3 rings (SSSR count). The molecule has 23 heavy (non-hydrogen) atoms. The number of benzene rings is 1. The highest BCUT2D eigenvalue weighted by Crippen LogP contribution is 2.11. The van der Waals surface area contributed by atoms with Crippen LogP contribution in [0.3, 0.4) is 0 Å². The molecule has 2 N–H and O–H groups in total. The Kier molecular flexibility index (Phi) is 4.80. The van der Waals surface area contributed by atoms with Gasteiger partial charge in [-0.05, 0) is 36.0 Å². The molecule has 0 bridgehead atoms. The first-order valence-electron chi connectivity index (χ1n) is 6.82. The standard InChI is InChI=1S/C15H13ClN6S/c16-12-4-1-3-11(7-12)9-17-15(23)21-13-8-14(19-10-18-13)22-6-2-5-20-22/h1-8,10H,9H2,(H2,17,18,19,21,23). The van der Waals surface area contributed by atoms with Crippen LogP contribution in [-0.4, -0.2) is 24.9 Å². The van der Waals surface area contributed by atoms with Gasteiger partial charge in [0.05, 0.1) is 0 Å². The minimum Gasteiger partial charge on any atom is -0.358 e. The number of hydrogen-bond acceptors (Lipinski definition) is 4. The first-order chi connectivity index (χ1) is 11.2. The second-order valence-electron chi connectivity index (χ2n) is 4.65. The van der Waals surface area contributed by atoms with Crippen LogP contribution in [0.15, 0.2) is 55.1 Å². The van der Waals surface area contributed by atoms with Gasteiger partial charge in [0, 0.05) is 30.0 Å². The van der Waals surface area contributed by atoms with E-state index in [0.717, 1.165) is 5.56 Å². The van der Waals surface area contributed by atoms with Crippen LogP contribution in [0.4, 0.5) is 5.82 Å². The van der Waals surface area contributed by atoms with Gasteiger partial charge in [0.25, 0.3) is 0 Å². The summed E-state index contributed by atoms with van der Waals surface area (Å²) < 4.78 is 1.65. The number of anilines is 1. The number of aromatic nitrogens is 4. The Morgan fingerprint density at radius 3 is 2.91 bits per heavy atom. The summed E-state index contributed by atoms with van der Waals surface area (Å²) in [4.78, 5) is 8.31. The van der Waals surface area contributed by atoms with Gasteiger partial charge < -0.3 is 10.6 Å². The molecule has 0 spiro atoms. The van der Waals surface area contributed by atoms with Crippen LogP contribution < -0.4 is 10.6 Å². The van der Waals surface area contributed by atoms with Crippen LogP contribution >= 0.6 is 23.8 Å².